The van der Waals surface area contributed by atoms with E-state index in [-0.39, 0.29) is 6.09 Å². The molecule has 0 aliphatic carbocycles. The number of carbonyl (C=O) groups is 2. The maximum atomic E-state index is 11.9. The van der Waals surface area contributed by atoms with Crippen molar-refractivity contribution in [2.75, 3.05) is 13.1 Å². The number of rotatable bonds is 2. The highest BCUT2D eigenvalue weighted by molar-refractivity contribution is 5.74. The van der Waals surface area contributed by atoms with Gasteiger partial charge in [-0.25, -0.2) is 4.79 Å². The molecule has 1 amide bonds. The largest absolute Gasteiger partial charge is 0.481 e. The second kappa shape index (κ2) is 5.42. The number of amides is 1. The fourth-order valence-corrected chi connectivity index (χ4v) is 1.72. The fraction of sp³-hybridized carbons (Fsp3) is 0.692. The lowest BCUT2D eigenvalue weighted by atomic mass is 9.97. The zero-order valence-electron chi connectivity index (χ0n) is 11.4. The molecule has 0 fully saturated rings. The van der Waals surface area contributed by atoms with Gasteiger partial charge in [0.1, 0.15) is 5.60 Å². The second-order valence-electron chi connectivity index (χ2n) is 5.53. The predicted molar refractivity (Wildman–Crippen MR) is 67.3 cm³/mol. The molecular formula is C13H21NO4. The summed E-state index contributed by atoms with van der Waals surface area (Å²) in [5.41, 5.74) is 0.233. The minimum atomic E-state index is -0.868. The Kier molecular flexibility index (Phi) is 4.38. The van der Waals surface area contributed by atoms with E-state index in [1.54, 1.807) is 11.8 Å². The van der Waals surface area contributed by atoms with Gasteiger partial charge in [0, 0.05) is 13.1 Å². The molecule has 1 unspecified atom stereocenters. The number of carboxylic acids is 1. The Morgan fingerprint density at radius 3 is 2.56 bits per heavy atom. The first-order valence-electron chi connectivity index (χ1n) is 6.10. The number of nitrogens with zero attached hydrogens (tertiary/aromatic N) is 1. The highest BCUT2D eigenvalue weighted by Gasteiger charge is 2.27. The molecule has 0 radical (unpaired) electrons. The number of aliphatic carboxylic acids is 1. The third kappa shape index (κ3) is 4.05. The Labute approximate surface area is 107 Å². The summed E-state index contributed by atoms with van der Waals surface area (Å²) in [5, 5.41) is 8.97. The van der Waals surface area contributed by atoms with Crippen LogP contribution in [0.1, 0.15) is 34.1 Å². The van der Waals surface area contributed by atoms with Crippen LogP contribution in [0.25, 0.3) is 0 Å². The number of carbonyl (C=O) groups excluding carboxylic acids is 1. The second-order valence-corrected chi connectivity index (χ2v) is 5.53. The van der Waals surface area contributed by atoms with E-state index in [4.69, 9.17) is 9.84 Å². The molecule has 102 valence electrons. The number of hydrogen-bond acceptors (Lipinski definition) is 3. The summed E-state index contributed by atoms with van der Waals surface area (Å²) in [4.78, 5) is 24.4. The van der Waals surface area contributed by atoms with Gasteiger partial charge in [-0.05, 0) is 39.7 Å². The maximum absolute atomic E-state index is 11.9. The van der Waals surface area contributed by atoms with Crippen molar-refractivity contribution in [2.24, 2.45) is 5.92 Å². The summed E-state index contributed by atoms with van der Waals surface area (Å²) in [6.45, 7) is 7.97. The molecule has 1 atom stereocenters. The standard InChI is InChI=1S/C13H21NO4/c1-9(11(15)16)10-6-5-7-14(8-10)12(17)18-13(2,3)4/h6,9H,5,7-8H2,1-4H3,(H,15,16). The van der Waals surface area contributed by atoms with Gasteiger partial charge in [-0.1, -0.05) is 6.08 Å². The predicted octanol–water partition coefficient (Wildman–Crippen LogP) is 2.27. The maximum Gasteiger partial charge on any atom is 0.410 e. The third-order valence-corrected chi connectivity index (χ3v) is 2.76. The van der Waals surface area contributed by atoms with E-state index in [2.05, 4.69) is 0 Å². The molecule has 18 heavy (non-hydrogen) atoms. The Balaban J connectivity index is 2.65. The van der Waals surface area contributed by atoms with Crippen LogP contribution < -0.4 is 0 Å². The van der Waals surface area contributed by atoms with Gasteiger partial charge >= 0.3 is 12.1 Å². The Bertz CT molecular complexity index is 368. The molecule has 0 bridgehead atoms. The van der Waals surface area contributed by atoms with Crippen LogP contribution in [-0.4, -0.2) is 40.8 Å². The quantitative estimate of drug-likeness (QED) is 0.769. The van der Waals surface area contributed by atoms with E-state index in [0.717, 1.165) is 5.57 Å². The van der Waals surface area contributed by atoms with Gasteiger partial charge in [0.2, 0.25) is 0 Å². The number of ether oxygens (including phenoxy) is 1. The van der Waals surface area contributed by atoms with Crippen molar-refractivity contribution in [3.8, 4) is 0 Å². The van der Waals surface area contributed by atoms with E-state index in [9.17, 15) is 9.59 Å². The van der Waals surface area contributed by atoms with Crippen LogP contribution in [0, 0.1) is 5.92 Å². The molecular weight excluding hydrogens is 234 g/mol. The molecule has 0 saturated carbocycles. The summed E-state index contributed by atoms with van der Waals surface area (Å²) in [7, 11) is 0. The first kappa shape index (κ1) is 14.5. The van der Waals surface area contributed by atoms with Crippen molar-refractivity contribution in [1.82, 2.24) is 4.90 Å². The average Bonchev–Trinajstić information content (AvgIpc) is 2.25. The molecule has 1 aliphatic rings. The van der Waals surface area contributed by atoms with Crippen LogP contribution in [-0.2, 0) is 9.53 Å². The molecule has 1 rings (SSSR count). The minimum absolute atomic E-state index is 0.336. The van der Waals surface area contributed by atoms with Crippen molar-refractivity contribution >= 4 is 12.1 Å². The molecule has 0 aromatic rings. The van der Waals surface area contributed by atoms with Crippen LogP contribution in [0.5, 0.6) is 0 Å². The zero-order chi connectivity index (χ0) is 13.9. The van der Waals surface area contributed by atoms with Gasteiger partial charge in [-0.3, -0.25) is 4.79 Å². The van der Waals surface area contributed by atoms with Crippen LogP contribution in [0.4, 0.5) is 4.79 Å². The fourth-order valence-electron chi connectivity index (χ4n) is 1.72. The molecule has 1 heterocycles. The van der Waals surface area contributed by atoms with Crippen LogP contribution >= 0.6 is 0 Å². The third-order valence-electron chi connectivity index (χ3n) is 2.76. The van der Waals surface area contributed by atoms with Gasteiger partial charge in [0.25, 0.3) is 0 Å². The van der Waals surface area contributed by atoms with Crippen molar-refractivity contribution in [2.45, 2.75) is 39.7 Å². The molecule has 5 nitrogen and oxygen atoms in total. The van der Waals surface area contributed by atoms with Gasteiger partial charge in [0.15, 0.2) is 0 Å². The lowest BCUT2D eigenvalue weighted by Gasteiger charge is -2.31. The highest BCUT2D eigenvalue weighted by Crippen LogP contribution is 2.20. The number of carboxylic acid groups (broad SMARTS) is 1. The Morgan fingerprint density at radius 1 is 1.44 bits per heavy atom. The zero-order valence-corrected chi connectivity index (χ0v) is 11.4. The van der Waals surface area contributed by atoms with Crippen LogP contribution in [0.15, 0.2) is 11.6 Å². The normalized spacial score (nSPS) is 18.0. The first-order valence-corrected chi connectivity index (χ1v) is 6.10. The minimum Gasteiger partial charge on any atom is -0.481 e. The van der Waals surface area contributed by atoms with Crippen molar-refractivity contribution in [3.05, 3.63) is 11.6 Å². The van der Waals surface area contributed by atoms with E-state index in [1.165, 1.54) is 0 Å². The average molecular weight is 255 g/mol. The van der Waals surface area contributed by atoms with Crippen molar-refractivity contribution in [3.63, 3.8) is 0 Å². The summed E-state index contributed by atoms with van der Waals surface area (Å²) >= 11 is 0. The lowest BCUT2D eigenvalue weighted by Crippen LogP contribution is -2.41. The lowest BCUT2D eigenvalue weighted by molar-refractivity contribution is -0.140. The smallest absolute Gasteiger partial charge is 0.410 e. The summed E-state index contributed by atoms with van der Waals surface area (Å²) in [6, 6.07) is 0. The number of hydrogen-bond donors (Lipinski definition) is 1. The van der Waals surface area contributed by atoms with Crippen molar-refractivity contribution in [1.29, 1.82) is 0 Å². The first-order chi connectivity index (χ1) is 8.20. The molecule has 0 aromatic carbocycles. The molecule has 1 N–H and O–H groups in total. The highest BCUT2D eigenvalue weighted by atomic mass is 16.6. The molecule has 0 spiro atoms. The van der Waals surface area contributed by atoms with Gasteiger partial charge in [-0.2, -0.15) is 0 Å². The molecule has 0 aromatic heterocycles. The van der Waals surface area contributed by atoms with Gasteiger partial charge in [-0.15, -0.1) is 0 Å². The molecule has 1 aliphatic heterocycles. The van der Waals surface area contributed by atoms with E-state index < -0.39 is 17.5 Å². The van der Waals surface area contributed by atoms with E-state index in [0.29, 0.717) is 19.5 Å². The van der Waals surface area contributed by atoms with Gasteiger partial charge in [0.05, 0.1) is 5.92 Å². The van der Waals surface area contributed by atoms with Crippen molar-refractivity contribution < 1.29 is 19.4 Å². The van der Waals surface area contributed by atoms with Crippen LogP contribution in [0.3, 0.4) is 0 Å². The van der Waals surface area contributed by atoms with Crippen LogP contribution in [0.2, 0.25) is 0 Å². The summed E-state index contributed by atoms with van der Waals surface area (Å²) in [6.07, 6.45) is 2.19. The summed E-state index contributed by atoms with van der Waals surface area (Å²) < 4.78 is 5.28. The summed E-state index contributed by atoms with van der Waals surface area (Å²) in [5.74, 6) is -1.43. The Morgan fingerprint density at radius 2 is 2.06 bits per heavy atom. The van der Waals surface area contributed by atoms with E-state index >= 15 is 0 Å². The molecule has 0 saturated heterocycles. The SMILES string of the molecule is CC(C(=O)O)C1=CCCN(C(=O)OC(C)(C)C)C1. The monoisotopic (exact) mass is 255 g/mol. The Hall–Kier alpha value is -1.52. The van der Waals surface area contributed by atoms with Gasteiger partial charge < -0.3 is 14.7 Å². The molecule has 5 heteroatoms. The van der Waals surface area contributed by atoms with E-state index in [1.807, 2.05) is 26.8 Å². The topological polar surface area (TPSA) is 66.8 Å².